The Balaban J connectivity index is 1.53. The normalized spacial score (nSPS) is 27.4. The van der Waals surface area contributed by atoms with Gasteiger partial charge in [0.2, 0.25) is 5.91 Å². The highest BCUT2D eigenvalue weighted by atomic mass is 79.9. The maximum absolute atomic E-state index is 11.9. The average molecular weight is 392 g/mol. The van der Waals surface area contributed by atoms with Crippen molar-refractivity contribution in [3.05, 3.63) is 22.8 Å². The predicted molar refractivity (Wildman–Crippen MR) is 96.2 cm³/mol. The van der Waals surface area contributed by atoms with Crippen LogP contribution in [0.25, 0.3) is 10.9 Å². The Morgan fingerprint density at radius 3 is 2.71 bits per heavy atom. The van der Waals surface area contributed by atoms with E-state index in [1.807, 2.05) is 18.0 Å². The summed E-state index contributed by atoms with van der Waals surface area (Å²) in [6, 6.07) is 4.46. The molecule has 0 unspecified atom stereocenters. The smallest absolute Gasteiger partial charge is 0.222 e. The zero-order valence-electron chi connectivity index (χ0n) is 14.1. The molecule has 2 aromatic rings. The fraction of sp³-hybridized carbons (Fsp3) is 0.556. The highest BCUT2D eigenvalue weighted by Gasteiger charge is 2.44. The molecule has 1 saturated heterocycles. The zero-order chi connectivity index (χ0) is 16.9. The highest BCUT2D eigenvalue weighted by molar-refractivity contribution is 9.10. The molecule has 2 fully saturated rings. The Kier molecular flexibility index (Phi) is 3.82. The molecule has 1 aromatic carbocycles. The molecule has 24 heavy (non-hydrogen) atoms. The molecule has 128 valence electrons. The Morgan fingerprint density at radius 2 is 2.08 bits per heavy atom. The molecule has 2 aliphatic rings. The highest BCUT2D eigenvalue weighted by Crippen LogP contribution is 2.47. The van der Waals surface area contributed by atoms with Crippen molar-refractivity contribution in [3.63, 3.8) is 0 Å². The van der Waals surface area contributed by atoms with Crippen LogP contribution < -0.4 is 4.74 Å². The monoisotopic (exact) mass is 391 g/mol. The van der Waals surface area contributed by atoms with E-state index in [0.717, 1.165) is 59.8 Å². The summed E-state index contributed by atoms with van der Waals surface area (Å²) in [5.41, 5.74) is 1.17. The van der Waals surface area contributed by atoms with Gasteiger partial charge in [0.15, 0.2) is 0 Å². The first-order valence-corrected chi connectivity index (χ1v) is 9.25. The molecule has 2 heterocycles. The van der Waals surface area contributed by atoms with Crippen molar-refractivity contribution >= 4 is 32.7 Å². The van der Waals surface area contributed by atoms with Gasteiger partial charge >= 0.3 is 0 Å². The van der Waals surface area contributed by atoms with Crippen molar-refractivity contribution in [3.8, 4) is 5.75 Å². The third-order valence-electron chi connectivity index (χ3n) is 5.71. The van der Waals surface area contributed by atoms with Crippen LogP contribution in [0.4, 0.5) is 0 Å². The minimum Gasteiger partial charge on any atom is -0.495 e. The Morgan fingerprint density at radius 1 is 1.33 bits per heavy atom. The second-order valence-corrected chi connectivity index (χ2v) is 8.17. The number of benzene rings is 1. The quantitative estimate of drug-likeness (QED) is 0.782. The second-order valence-electron chi connectivity index (χ2n) is 7.31. The number of likely N-dealkylation sites (tertiary alicyclic amines) is 1. The minimum atomic E-state index is 0.209. The van der Waals surface area contributed by atoms with Gasteiger partial charge in [-0.3, -0.25) is 9.48 Å². The van der Waals surface area contributed by atoms with E-state index in [1.165, 1.54) is 0 Å². The van der Waals surface area contributed by atoms with Gasteiger partial charge in [-0.25, -0.2) is 0 Å². The number of nitrogens with zero attached hydrogens (tertiary/aromatic N) is 3. The van der Waals surface area contributed by atoms with Crippen LogP contribution in [-0.4, -0.2) is 41.3 Å². The van der Waals surface area contributed by atoms with Crippen LogP contribution in [-0.2, 0) is 4.79 Å². The topological polar surface area (TPSA) is 47.4 Å². The maximum atomic E-state index is 11.9. The van der Waals surface area contributed by atoms with Gasteiger partial charge in [0.25, 0.3) is 0 Å². The van der Waals surface area contributed by atoms with Crippen molar-refractivity contribution in [2.24, 2.45) is 5.41 Å². The van der Waals surface area contributed by atoms with Gasteiger partial charge in [0.05, 0.1) is 23.1 Å². The molecule has 1 spiro atoms. The van der Waals surface area contributed by atoms with Crippen LogP contribution in [0.3, 0.4) is 0 Å². The Labute approximate surface area is 150 Å². The molecule has 1 saturated carbocycles. The van der Waals surface area contributed by atoms with E-state index < -0.39 is 0 Å². The van der Waals surface area contributed by atoms with Gasteiger partial charge in [-0.1, -0.05) is 0 Å². The lowest BCUT2D eigenvalue weighted by molar-refractivity contribution is -0.126. The van der Waals surface area contributed by atoms with Gasteiger partial charge in [0, 0.05) is 37.7 Å². The van der Waals surface area contributed by atoms with Crippen LogP contribution in [0.5, 0.6) is 5.75 Å². The molecule has 6 heteroatoms. The number of hydrogen-bond donors (Lipinski definition) is 0. The molecule has 4 rings (SSSR count). The number of carbonyl (C=O) groups is 1. The third kappa shape index (κ3) is 2.61. The first kappa shape index (κ1) is 15.9. The number of methoxy groups -OCH3 is 1. The lowest BCUT2D eigenvalue weighted by Gasteiger charge is -2.36. The molecule has 1 aliphatic carbocycles. The lowest BCUT2D eigenvalue weighted by Crippen LogP contribution is -2.31. The fourth-order valence-corrected chi connectivity index (χ4v) is 4.83. The van der Waals surface area contributed by atoms with Gasteiger partial charge in [0.1, 0.15) is 5.75 Å². The van der Waals surface area contributed by atoms with Crippen LogP contribution >= 0.6 is 15.9 Å². The summed E-state index contributed by atoms with van der Waals surface area (Å²) in [6.07, 6.45) is 7.25. The number of carbonyl (C=O) groups excluding carboxylic acids is 1. The molecule has 1 aliphatic heterocycles. The average Bonchev–Trinajstić information content (AvgIpc) is 3.08. The largest absolute Gasteiger partial charge is 0.495 e. The van der Waals surface area contributed by atoms with E-state index in [2.05, 4.69) is 32.9 Å². The van der Waals surface area contributed by atoms with Crippen LogP contribution in [0.1, 0.15) is 38.1 Å². The summed E-state index contributed by atoms with van der Waals surface area (Å²) >= 11 is 3.54. The summed E-state index contributed by atoms with van der Waals surface area (Å²) in [7, 11) is 3.60. The molecular weight excluding hydrogens is 370 g/mol. The summed E-state index contributed by atoms with van der Waals surface area (Å²) in [5, 5.41) is 5.89. The molecule has 1 amide bonds. The SMILES string of the molecule is COc1cc2nn([C@H]3CC[C@@]4(CC3)CC(=O)N(C)C4)cc2cc1Br. The van der Waals surface area contributed by atoms with Crippen molar-refractivity contribution < 1.29 is 9.53 Å². The van der Waals surface area contributed by atoms with E-state index in [1.54, 1.807) is 7.11 Å². The first-order chi connectivity index (χ1) is 11.5. The van der Waals surface area contributed by atoms with Gasteiger partial charge < -0.3 is 9.64 Å². The van der Waals surface area contributed by atoms with Gasteiger partial charge in [-0.2, -0.15) is 5.10 Å². The van der Waals surface area contributed by atoms with E-state index in [9.17, 15) is 4.79 Å². The first-order valence-electron chi connectivity index (χ1n) is 8.46. The van der Waals surface area contributed by atoms with Crippen LogP contribution in [0.2, 0.25) is 0 Å². The summed E-state index contributed by atoms with van der Waals surface area (Å²) in [5.74, 6) is 1.11. The van der Waals surface area contributed by atoms with E-state index in [-0.39, 0.29) is 5.41 Å². The van der Waals surface area contributed by atoms with Crippen LogP contribution in [0, 0.1) is 5.41 Å². The van der Waals surface area contributed by atoms with E-state index >= 15 is 0 Å². The van der Waals surface area contributed by atoms with Crippen LogP contribution in [0.15, 0.2) is 22.8 Å². The van der Waals surface area contributed by atoms with Crippen molar-refractivity contribution in [2.75, 3.05) is 20.7 Å². The van der Waals surface area contributed by atoms with Crippen molar-refractivity contribution in [2.45, 2.75) is 38.1 Å². The molecule has 0 N–H and O–H groups in total. The predicted octanol–water partition coefficient (Wildman–Crippen LogP) is 3.77. The molecular formula is C18H22BrN3O2. The number of halogens is 1. The Bertz CT molecular complexity index is 793. The van der Waals surface area contributed by atoms with E-state index in [4.69, 9.17) is 9.84 Å². The minimum absolute atomic E-state index is 0.209. The summed E-state index contributed by atoms with van der Waals surface area (Å²) in [6.45, 7) is 0.920. The van der Waals surface area contributed by atoms with Crippen molar-refractivity contribution in [1.29, 1.82) is 0 Å². The second kappa shape index (κ2) is 5.76. The zero-order valence-corrected chi connectivity index (χ0v) is 15.7. The maximum Gasteiger partial charge on any atom is 0.222 e. The number of aromatic nitrogens is 2. The summed E-state index contributed by atoms with van der Waals surface area (Å²) in [4.78, 5) is 13.8. The third-order valence-corrected chi connectivity index (χ3v) is 6.33. The fourth-order valence-electron chi connectivity index (χ4n) is 4.30. The number of rotatable bonds is 2. The van der Waals surface area contributed by atoms with Crippen molar-refractivity contribution in [1.82, 2.24) is 14.7 Å². The number of ether oxygens (including phenoxy) is 1. The number of amides is 1. The Hall–Kier alpha value is -1.56. The number of hydrogen-bond acceptors (Lipinski definition) is 3. The number of fused-ring (bicyclic) bond motifs is 1. The molecule has 1 aromatic heterocycles. The standard InChI is InChI=1S/C18H22BrN3O2/c1-21-11-18(9-17(21)23)5-3-13(4-6-18)22-10-12-7-14(19)16(24-2)8-15(12)20-22/h7-8,10,13H,3-6,9,11H2,1-2H3/t13-,18+. The van der Waals surface area contributed by atoms with Gasteiger partial charge in [-0.05, 0) is 53.1 Å². The molecule has 0 atom stereocenters. The molecule has 0 bridgehead atoms. The summed E-state index contributed by atoms with van der Waals surface area (Å²) < 4.78 is 8.42. The van der Waals surface area contributed by atoms with Gasteiger partial charge in [-0.15, -0.1) is 0 Å². The van der Waals surface area contributed by atoms with E-state index in [0.29, 0.717) is 11.9 Å². The molecule has 0 radical (unpaired) electrons. The lowest BCUT2D eigenvalue weighted by atomic mass is 9.72. The molecule has 5 nitrogen and oxygen atoms in total.